The average molecular weight is 159 g/mol. The van der Waals surface area contributed by atoms with Crippen molar-refractivity contribution in [1.29, 1.82) is 0 Å². The second kappa shape index (κ2) is 5.52. The molecule has 0 heterocycles. The number of rotatable bonds is 5. The highest BCUT2D eigenvalue weighted by Crippen LogP contribution is 1.97. The lowest BCUT2D eigenvalue weighted by molar-refractivity contribution is -0.137. The van der Waals surface area contributed by atoms with Crippen molar-refractivity contribution in [3.8, 4) is 0 Å². The Labute approximate surface area is 63.1 Å². The fourth-order valence-corrected chi connectivity index (χ4v) is 0.512. The molecule has 0 fully saturated rings. The minimum Gasteiger partial charge on any atom is -0.481 e. The molecule has 0 saturated carbocycles. The zero-order valence-corrected chi connectivity index (χ0v) is 5.84. The van der Waals surface area contributed by atoms with Crippen LogP contribution in [-0.4, -0.2) is 28.8 Å². The molecule has 0 aliphatic heterocycles. The molecule has 0 saturated heterocycles. The first kappa shape index (κ1) is 9.74. The first-order valence-electron chi connectivity index (χ1n) is 3.07. The third-order valence-corrected chi connectivity index (χ3v) is 1.05. The van der Waals surface area contributed by atoms with Crippen LogP contribution >= 0.6 is 0 Å². The van der Waals surface area contributed by atoms with E-state index in [0.29, 0.717) is 0 Å². The van der Waals surface area contributed by atoms with Crippen LogP contribution < -0.4 is 0 Å². The van der Waals surface area contributed by atoms with Gasteiger partial charge in [0, 0.05) is 11.3 Å². The number of carbonyl (C=O) groups is 1. The fourth-order valence-electron chi connectivity index (χ4n) is 0.512. The maximum absolute atomic E-state index is 9.96. The Bertz CT molecular complexity index is 176. The minimum absolute atomic E-state index is 0.0657. The van der Waals surface area contributed by atoms with E-state index in [2.05, 4.69) is 10.0 Å². The molecule has 0 bridgehead atoms. The van der Waals surface area contributed by atoms with E-state index in [-0.39, 0.29) is 19.4 Å². The molecule has 62 valence electrons. The van der Waals surface area contributed by atoms with Crippen LogP contribution in [0.1, 0.15) is 12.8 Å². The summed E-state index contributed by atoms with van der Waals surface area (Å²) in [6, 6.07) is 0. The standard InChI is InChI=1S/C5H9N3O3/c6-8-7-3-4(9)1-2-5(10)11/h4,9H,1-3H2,(H,10,11). The third kappa shape index (κ3) is 6.63. The number of aliphatic hydroxyl groups excluding tert-OH is 1. The summed E-state index contributed by atoms with van der Waals surface area (Å²) in [6.07, 6.45) is -0.835. The van der Waals surface area contributed by atoms with Gasteiger partial charge in [-0.25, -0.2) is 0 Å². The maximum Gasteiger partial charge on any atom is 0.303 e. The number of carboxylic acid groups (broad SMARTS) is 1. The molecule has 0 aliphatic rings. The largest absolute Gasteiger partial charge is 0.481 e. The molecule has 0 rings (SSSR count). The maximum atomic E-state index is 9.96. The molecule has 0 aromatic heterocycles. The highest BCUT2D eigenvalue weighted by Gasteiger charge is 2.04. The molecular formula is C5H9N3O3. The summed E-state index contributed by atoms with van der Waals surface area (Å²) in [5.41, 5.74) is 7.82. The Hall–Kier alpha value is -1.26. The van der Waals surface area contributed by atoms with Gasteiger partial charge in [0.1, 0.15) is 0 Å². The monoisotopic (exact) mass is 159 g/mol. The van der Waals surface area contributed by atoms with E-state index in [0.717, 1.165) is 0 Å². The molecule has 1 unspecified atom stereocenters. The minimum atomic E-state index is -0.968. The summed E-state index contributed by atoms with van der Waals surface area (Å²) < 4.78 is 0. The van der Waals surface area contributed by atoms with Crippen molar-refractivity contribution < 1.29 is 15.0 Å². The zero-order valence-electron chi connectivity index (χ0n) is 5.84. The van der Waals surface area contributed by atoms with Gasteiger partial charge in [-0.15, -0.1) is 0 Å². The quantitative estimate of drug-likeness (QED) is 0.347. The highest BCUT2D eigenvalue weighted by molar-refractivity contribution is 5.66. The van der Waals surface area contributed by atoms with Gasteiger partial charge in [-0.1, -0.05) is 5.11 Å². The average Bonchev–Trinajstić information content (AvgIpc) is 1.97. The number of carboxylic acids is 1. The van der Waals surface area contributed by atoms with E-state index in [1.165, 1.54) is 0 Å². The molecule has 0 amide bonds. The Morgan fingerprint density at radius 1 is 1.73 bits per heavy atom. The van der Waals surface area contributed by atoms with Crippen LogP contribution in [-0.2, 0) is 4.79 Å². The van der Waals surface area contributed by atoms with Crippen molar-refractivity contribution >= 4 is 5.97 Å². The van der Waals surface area contributed by atoms with Crippen molar-refractivity contribution in [3.05, 3.63) is 10.4 Å². The molecule has 0 aromatic rings. The lowest BCUT2D eigenvalue weighted by Gasteiger charge is -2.02. The fraction of sp³-hybridized carbons (Fsp3) is 0.800. The molecule has 6 nitrogen and oxygen atoms in total. The Kier molecular flexibility index (Phi) is 4.89. The van der Waals surface area contributed by atoms with E-state index >= 15 is 0 Å². The molecule has 1 atom stereocenters. The Morgan fingerprint density at radius 3 is 2.82 bits per heavy atom. The number of hydrogen-bond acceptors (Lipinski definition) is 3. The van der Waals surface area contributed by atoms with Gasteiger partial charge in [-0.2, -0.15) is 0 Å². The second-order valence-electron chi connectivity index (χ2n) is 2.00. The van der Waals surface area contributed by atoms with Gasteiger partial charge in [0.25, 0.3) is 0 Å². The van der Waals surface area contributed by atoms with Crippen molar-refractivity contribution in [1.82, 2.24) is 0 Å². The van der Waals surface area contributed by atoms with Gasteiger partial charge in [-0.3, -0.25) is 4.79 Å². The molecule has 11 heavy (non-hydrogen) atoms. The van der Waals surface area contributed by atoms with Crippen LogP contribution in [0.3, 0.4) is 0 Å². The highest BCUT2D eigenvalue weighted by atomic mass is 16.4. The smallest absolute Gasteiger partial charge is 0.303 e. The summed E-state index contributed by atoms with van der Waals surface area (Å²) >= 11 is 0. The SMILES string of the molecule is [N-]=[N+]=NCC(O)CCC(=O)O. The van der Waals surface area contributed by atoms with Crippen LogP contribution in [0.4, 0.5) is 0 Å². The zero-order chi connectivity index (χ0) is 8.69. The van der Waals surface area contributed by atoms with Gasteiger partial charge >= 0.3 is 5.97 Å². The van der Waals surface area contributed by atoms with Crippen LogP contribution in [0, 0.1) is 0 Å². The number of hydrogen-bond donors (Lipinski definition) is 2. The van der Waals surface area contributed by atoms with Gasteiger partial charge in [0.15, 0.2) is 0 Å². The van der Waals surface area contributed by atoms with Gasteiger partial charge < -0.3 is 10.2 Å². The lowest BCUT2D eigenvalue weighted by Crippen LogP contribution is -2.12. The van der Waals surface area contributed by atoms with Crippen molar-refractivity contribution in [3.63, 3.8) is 0 Å². The summed E-state index contributed by atoms with van der Waals surface area (Å²) in [7, 11) is 0. The van der Waals surface area contributed by atoms with Crippen molar-refractivity contribution in [2.45, 2.75) is 18.9 Å². The molecular weight excluding hydrogens is 150 g/mol. The normalized spacial score (nSPS) is 11.7. The van der Waals surface area contributed by atoms with E-state index in [4.69, 9.17) is 15.7 Å². The predicted octanol–water partition coefficient (Wildman–Crippen LogP) is 0.522. The molecule has 0 spiro atoms. The first-order valence-corrected chi connectivity index (χ1v) is 3.07. The lowest BCUT2D eigenvalue weighted by atomic mass is 10.2. The second-order valence-corrected chi connectivity index (χ2v) is 2.00. The van der Waals surface area contributed by atoms with Crippen LogP contribution in [0.25, 0.3) is 10.4 Å². The van der Waals surface area contributed by atoms with E-state index in [1.54, 1.807) is 0 Å². The van der Waals surface area contributed by atoms with E-state index in [1.807, 2.05) is 0 Å². The van der Waals surface area contributed by atoms with Gasteiger partial charge in [0.2, 0.25) is 0 Å². The Morgan fingerprint density at radius 2 is 2.36 bits per heavy atom. The van der Waals surface area contributed by atoms with Crippen LogP contribution in [0.15, 0.2) is 5.11 Å². The number of aliphatic carboxylic acids is 1. The van der Waals surface area contributed by atoms with E-state index in [9.17, 15) is 4.79 Å². The van der Waals surface area contributed by atoms with Gasteiger partial charge in [0.05, 0.1) is 12.6 Å². The topological polar surface area (TPSA) is 106 Å². The summed E-state index contributed by atoms with van der Waals surface area (Å²) in [4.78, 5) is 12.4. The molecule has 2 N–H and O–H groups in total. The van der Waals surface area contributed by atoms with Crippen molar-refractivity contribution in [2.24, 2.45) is 5.11 Å². The molecule has 0 aliphatic carbocycles. The first-order chi connectivity index (χ1) is 5.16. The summed E-state index contributed by atoms with van der Waals surface area (Å²) in [5, 5.41) is 20.2. The van der Waals surface area contributed by atoms with Crippen LogP contribution in [0.2, 0.25) is 0 Å². The molecule has 0 radical (unpaired) electrons. The Balaban J connectivity index is 3.44. The van der Waals surface area contributed by atoms with E-state index < -0.39 is 12.1 Å². The third-order valence-electron chi connectivity index (χ3n) is 1.05. The molecule has 0 aromatic carbocycles. The summed E-state index contributed by atoms with van der Waals surface area (Å²) in [6.45, 7) is -0.0657. The molecule has 6 heteroatoms. The number of nitrogens with zero attached hydrogens (tertiary/aromatic N) is 3. The number of aliphatic hydroxyl groups is 1. The number of azide groups is 1. The van der Waals surface area contributed by atoms with Gasteiger partial charge in [-0.05, 0) is 12.0 Å². The van der Waals surface area contributed by atoms with Crippen LogP contribution in [0.5, 0.6) is 0 Å². The predicted molar refractivity (Wildman–Crippen MR) is 36.9 cm³/mol. The summed E-state index contributed by atoms with van der Waals surface area (Å²) in [5.74, 6) is -0.968. The van der Waals surface area contributed by atoms with Crippen molar-refractivity contribution in [2.75, 3.05) is 6.54 Å².